The first-order valence-corrected chi connectivity index (χ1v) is 8.53. The zero-order chi connectivity index (χ0) is 13.5. The van der Waals surface area contributed by atoms with E-state index in [0.29, 0.717) is 4.21 Å². The second-order valence-electron chi connectivity index (χ2n) is 3.33. The smallest absolute Gasteiger partial charge is 0.391 e. The summed E-state index contributed by atoms with van der Waals surface area (Å²) in [6.45, 7) is 0. The predicted octanol–water partition coefficient (Wildman–Crippen LogP) is 0.526. The van der Waals surface area contributed by atoms with Crippen molar-refractivity contribution in [2.24, 2.45) is 0 Å². The molecule has 2 rings (SSSR count). The Bertz CT molecular complexity index is 658. The number of nitrogens with zero attached hydrogens (tertiary/aromatic N) is 1. The number of thiazole rings is 1. The van der Waals surface area contributed by atoms with Crippen LogP contribution in [0.5, 0.6) is 0 Å². The van der Waals surface area contributed by atoms with E-state index < -0.39 is 23.9 Å². The van der Waals surface area contributed by atoms with Gasteiger partial charge in [-0.05, 0) is 6.07 Å². The van der Waals surface area contributed by atoms with E-state index in [1.165, 1.54) is 12.3 Å². The molecule has 0 amide bonds. The molecule has 0 saturated carbocycles. The van der Waals surface area contributed by atoms with Crippen LogP contribution >= 0.6 is 18.9 Å². The summed E-state index contributed by atoms with van der Waals surface area (Å²) in [4.78, 5) is 22.2. The van der Waals surface area contributed by atoms with Crippen LogP contribution in [0, 0.1) is 0 Å². The molecule has 2 aromatic rings. The van der Waals surface area contributed by atoms with Crippen molar-refractivity contribution in [1.29, 1.82) is 0 Å². The highest BCUT2D eigenvalue weighted by atomic mass is 32.2. The Morgan fingerprint density at radius 3 is 2.78 bits per heavy atom. The largest absolute Gasteiger partial charge is 0.456 e. The number of furan rings is 1. The normalized spacial score (nSPS) is 13.7. The lowest BCUT2D eigenvalue weighted by Gasteiger charge is -2.03. The number of nitrogens with two attached hydrogens (primary N) is 1. The number of anilines is 1. The van der Waals surface area contributed by atoms with Crippen molar-refractivity contribution < 1.29 is 23.0 Å². The van der Waals surface area contributed by atoms with Crippen molar-refractivity contribution in [2.45, 2.75) is 4.21 Å². The Morgan fingerprint density at radius 2 is 2.22 bits per heavy atom. The molecule has 4 N–H and O–H groups in total. The van der Waals surface area contributed by atoms with Gasteiger partial charge < -0.3 is 19.9 Å². The molecule has 0 unspecified atom stereocenters. The first-order valence-electron chi connectivity index (χ1n) is 4.54. The molecule has 7 nitrogen and oxygen atoms in total. The minimum Gasteiger partial charge on any atom is -0.456 e. The van der Waals surface area contributed by atoms with Gasteiger partial charge in [-0.2, -0.15) is 0 Å². The quantitative estimate of drug-likeness (QED) is 0.706. The van der Waals surface area contributed by atoms with Gasteiger partial charge in [-0.3, -0.25) is 8.77 Å². The molecule has 0 spiro atoms. The van der Waals surface area contributed by atoms with Crippen LogP contribution in [0.1, 0.15) is 0 Å². The molecule has 98 valence electrons. The van der Waals surface area contributed by atoms with E-state index in [-0.39, 0.29) is 16.4 Å². The van der Waals surface area contributed by atoms with E-state index in [0.717, 1.165) is 17.6 Å². The Morgan fingerprint density at radius 1 is 1.56 bits per heavy atom. The standard InChI is InChI=1S/C8H9N2O5PS2/c1-18(14)7-5(10-8(9)17-7)4-2-3-15-6(4)16(11,12)13/h2-3H,1H3,(H2,9,10)(H2,11,12,13)/t18-/m0/s1. The summed E-state index contributed by atoms with van der Waals surface area (Å²) in [5, 5.41) is 0.174. The number of rotatable bonds is 3. The number of aromatic nitrogens is 1. The van der Waals surface area contributed by atoms with Crippen LogP contribution in [0.15, 0.2) is 21.0 Å². The second-order valence-corrected chi connectivity index (χ2v) is 7.43. The van der Waals surface area contributed by atoms with Crippen molar-refractivity contribution in [3.05, 3.63) is 12.3 Å². The molecule has 2 aromatic heterocycles. The van der Waals surface area contributed by atoms with E-state index in [2.05, 4.69) is 4.98 Å². The van der Waals surface area contributed by atoms with E-state index >= 15 is 0 Å². The van der Waals surface area contributed by atoms with Crippen molar-refractivity contribution in [2.75, 3.05) is 12.0 Å². The first kappa shape index (κ1) is 13.4. The average Bonchev–Trinajstić information content (AvgIpc) is 2.80. The number of nitrogen functional groups attached to an aromatic ring is 1. The van der Waals surface area contributed by atoms with Gasteiger partial charge in [0.25, 0.3) is 0 Å². The molecule has 0 saturated heterocycles. The molecule has 0 aliphatic carbocycles. The lowest BCUT2D eigenvalue weighted by atomic mass is 10.3. The van der Waals surface area contributed by atoms with Crippen LogP contribution in [0.4, 0.5) is 5.13 Å². The summed E-state index contributed by atoms with van der Waals surface area (Å²) in [5.41, 5.74) is 5.33. The summed E-state index contributed by atoms with van der Waals surface area (Å²) >= 11 is 1.01. The van der Waals surface area contributed by atoms with Gasteiger partial charge in [-0.1, -0.05) is 11.3 Å². The van der Waals surface area contributed by atoms with Crippen LogP contribution in [0.2, 0.25) is 0 Å². The number of hydrogen-bond donors (Lipinski definition) is 3. The molecule has 18 heavy (non-hydrogen) atoms. The maximum absolute atomic E-state index is 11.5. The van der Waals surface area contributed by atoms with Gasteiger partial charge in [0.15, 0.2) is 5.13 Å². The fraction of sp³-hybridized carbons (Fsp3) is 0.125. The Hall–Kier alpha value is -0.990. The van der Waals surface area contributed by atoms with Crippen molar-refractivity contribution >= 4 is 40.4 Å². The maximum Gasteiger partial charge on any atom is 0.391 e. The van der Waals surface area contributed by atoms with Crippen molar-refractivity contribution in [3.63, 3.8) is 0 Å². The van der Waals surface area contributed by atoms with Gasteiger partial charge in [0.2, 0.25) is 5.50 Å². The van der Waals surface area contributed by atoms with Gasteiger partial charge in [-0.15, -0.1) is 0 Å². The van der Waals surface area contributed by atoms with Gasteiger partial charge in [0, 0.05) is 6.26 Å². The van der Waals surface area contributed by atoms with E-state index in [1.807, 2.05) is 0 Å². The highest BCUT2D eigenvalue weighted by Gasteiger charge is 2.29. The van der Waals surface area contributed by atoms with Crippen molar-refractivity contribution in [3.8, 4) is 11.3 Å². The molecule has 0 radical (unpaired) electrons. The monoisotopic (exact) mass is 308 g/mol. The van der Waals surface area contributed by atoms with Gasteiger partial charge in [-0.25, -0.2) is 4.98 Å². The Labute approximate surface area is 108 Å². The minimum atomic E-state index is -4.56. The SMILES string of the molecule is C[S@](=O)c1sc(N)nc1-c1ccoc1P(=O)(O)O. The Kier molecular flexibility index (Phi) is 3.43. The fourth-order valence-electron chi connectivity index (χ4n) is 1.39. The summed E-state index contributed by atoms with van der Waals surface area (Å²) in [5.74, 6) is 0. The predicted molar refractivity (Wildman–Crippen MR) is 68.2 cm³/mol. The van der Waals surface area contributed by atoms with Gasteiger partial charge in [0.1, 0.15) is 9.90 Å². The van der Waals surface area contributed by atoms with Crippen molar-refractivity contribution in [1.82, 2.24) is 4.98 Å². The zero-order valence-electron chi connectivity index (χ0n) is 9.06. The van der Waals surface area contributed by atoms with E-state index in [1.54, 1.807) is 0 Å². The zero-order valence-corrected chi connectivity index (χ0v) is 11.6. The topological polar surface area (TPSA) is 127 Å². The summed E-state index contributed by atoms with van der Waals surface area (Å²) in [6.07, 6.45) is 2.58. The van der Waals surface area contributed by atoms with Crippen LogP contribution in [0.25, 0.3) is 11.3 Å². The molecule has 0 aromatic carbocycles. The summed E-state index contributed by atoms with van der Waals surface area (Å²) in [6, 6.07) is 1.36. The van der Waals surface area contributed by atoms with E-state index in [4.69, 9.17) is 19.9 Å². The van der Waals surface area contributed by atoms with Crippen LogP contribution in [-0.4, -0.2) is 25.2 Å². The lowest BCUT2D eigenvalue weighted by molar-refractivity contribution is 0.377. The second kappa shape index (κ2) is 4.60. The molecule has 2 heterocycles. The first-order chi connectivity index (χ1) is 8.30. The summed E-state index contributed by atoms with van der Waals surface area (Å²) in [7, 11) is -5.91. The van der Waals surface area contributed by atoms with Crippen LogP contribution < -0.4 is 11.2 Å². The summed E-state index contributed by atoms with van der Waals surface area (Å²) < 4.78 is 27.9. The van der Waals surface area contributed by atoms with Crippen LogP contribution in [-0.2, 0) is 15.4 Å². The molecular weight excluding hydrogens is 299 g/mol. The minimum absolute atomic E-state index is 0.112. The number of hydrogen-bond acceptors (Lipinski definition) is 6. The third-order valence-electron chi connectivity index (χ3n) is 2.04. The van der Waals surface area contributed by atoms with E-state index in [9.17, 15) is 8.77 Å². The molecular formula is C8H9N2O5PS2. The fourth-order valence-corrected chi connectivity index (χ4v) is 3.82. The maximum atomic E-state index is 11.5. The molecule has 0 bridgehead atoms. The highest BCUT2D eigenvalue weighted by Crippen LogP contribution is 2.40. The Balaban J connectivity index is 2.67. The third-order valence-corrected chi connectivity index (χ3v) is 5.26. The molecule has 10 heteroatoms. The molecule has 0 fully saturated rings. The molecule has 0 aliphatic rings. The average molecular weight is 308 g/mol. The lowest BCUT2D eigenvalue weighted by Crippen LogP contribution is -2.05. The van der Waals surface area contributed by atoms with Gasteiger partial charge in [0.05, 0.1) is 22.6 Å². The molecule has 0 aliphatic heterocycles. The van der Waals surface area contributed by atoms with Crippen LogP contribution in [0.3, 0.4) is 0 Å². The third kappa shape index (κ3) is 2.40. The van der Waals surface area contributed by atoms with Gasteiger partial charge >= 0.3 is 7.60 Å². The highest BCUT2D eigenvalue weighted by molar-refractivity contribution is 7.86. The molecule has 1 atom stereocenters.